The van der Waals surface area contributed by atoms with Gasteiger partial charge in [-0.3, -0.25) is 0 Å². The maximum absolute atomic E-state index is 13.6. The maximum atomic E-state index is 13.6. The predicted octanol–water partition coefficient (Wildman–Crippen LogP) is 1.88. The molecule has 2 aromatic rings. The Balaban J connectivity index is 1.85. The van der Waals surface area contributed by atoms with Crippen LogP contribution in [0.25, 0.3) is 0 Å². The van der Waals surface area contributed by atoms with Crippen molar-refractivity contribution in [2.75, 3.05) is 25.7 Å². The largest absolute Gasteiger partial charge is 0.493 e. The summed E-state index contributed by atoms with van der Waals surface area (Å²) in [7, 11) is -4.50. The average molecular weight is 458 g/mol. The van der Waals surface area contributed by atoms with Crippen LogP contribution in [0.3, 0.4) is 0 Å². The highest BCUT2D eigenvalue weighted by atomic mass is 32.2. The molecule has 0 aromatic heterocycles. The van der Waals surface area contributed by atoms with Crippen LogP contribution < -0.4 is 14.8 Å². The van der Waals surface area contributed by atoms with Crippen molar-refractivity contribution in [3.63, 3.8) is 0 Å². The zero-order valence-electron chi connectivity index (χ0n) is 16.9. The van der Waals surface area contributed by atoms with Gasteiger partial charge in [-0.2, -0.15) is 0 Å². The monoisotopic (exact) mass is 457 g/mol. The van der Waals surface area contributed by atoms with E-state index in [0.29, 0.717) is 11.5 Å². The summed E-state index contributed by atoms with van der Waals surface area (Å²) in [5.74, 6) is -0.213. The van der Waals surface area contributed by atoms with Crippen LogP contribution in [0.15, 0.2) is 41.3 Å². The Labute approximate surface area is 176 Å². The second kappa shape index (κ2) is 8.52. The molecule has 10 heteroatoms. The van der Waals surface area contributed by atoms with E-state index in [9.17, 15) is 21.2 Å². The molecule has 0 saturated carbocycles. The molecule has 0 amide bonds. The van der Waals surface area contributed by atoms with E-state index < -0.39 is 42.5 Å². The normalized spacial score (nSPS) is 20.8. The molecule has 1 aliphatic heterocycles. The fraction of sp³-hybridized carbons (Fsp3) is 0.400. The predicted molar refractivity (Wildman–Crippen MR) is 111 cm³/mol. The van der Waals surface area contributed by atoms with Crippen LogP contribution in [-0.2, 0) is 26.2 Å². The van der Waals surface area contributed by atoms with E-state index in [2.05, 4.69) is 5.32 Å². The van der Waals surface area contributed by atoms with Crippen LogP contribution in [0.4, 0.5) is 4.39 Å². The lowest BCUT2D eigenvalue weighted by Crippen LogP contribution is -2.43. The van der Waals surface area contributed by atoms with Crippen LogP contribution in [0.5, 0.6) is 11.5 Å². The lowest BCUT2D eigenvalue weighted by molar-refractivity contribution is 0.354. The molecular formula is C20H24FNO6S2. The zero-order chi connectivity index (χ0) is 22.1. The van der Waals surface area contributed by atoms with Gasteiger partial charge >= 0.3 is 0 Å². The first-order valence-electron chi connectivity index (χ1n) is 9.22. The van der Waals surface area contributed by atoms with Gasteiger partial charge in [-0.25, -0.2) is 21.2 Å². The molecule has 0 bridgehead atoms. The van der Waals surface area contributed by atoms with Crippen molar-refractivity contribution in [2.45, 2.75) is 29.7 Å². The number of halogens is 1. The van der Waals surface area contributed by atoms with Gasteiger partial charge in [-0.15, -0.1) is 0 Å². The summed E-state index contributed by atoms with van der Waals surface area (Å²) >= 11 is 0. The van der Waals surface area contributed by atoms with Gasteiger partial charge in [0.2, 0.25) is 0 Å². The topological polar surface area (TPSA) is 98.8 Å². The first-order valence-corrected chi connectivity index (χ1v) is 12.6. The molecule has 0 radical (unpaired) electrons. The summed E-state index contributed by atoms with van der Waals surface area (Å²) in [6.07, 6.45) is 0. The summed E-state index contributed by atoms with van der Waals surface area (Å²) in [5, 5.41) is 1.91. The van der Waals surface area contributed by atoms with Crippen LogP contribution in [0, 0.1) is 12.7 Å². The maximum Gasteiger partial charge on any atom is 0.183 e. The molecule has 0 spiro atoms. The first kappa shape index (κ1) is 22.5. The van der Waals surface area contributed by atoms with Crippen molar-refractivity contribution in [1.82, 2.24) is 5.32 Å². The number of benzene rings is 2. The van der Waals surface area contributed by atoms with Gasteiger partial charge in [0.25, 0.3) is 0 Å². The molecule has 2 aromatic carbocycles. The van der Waals surface area contributed by atoms with E-state index in [0.717, 1.165) is 11.6 Å². The molecule has 164 valence electrons. The SMILES string of the molecule is COc1ccc(CN[C@@H]2CS(=O)(=O)C[C@H]2S(=O)(=O)c2ccc(F)c(C)c2)cc1OC. The molecule has 3 rings (SSSR count). The highest BCUT2D eigenvalue weighted by Crippen LogP contribution is 2.29. The van der Waals surface area contributed by atoms with Crippen LogP contribution in [0.2, 0.25) is 0 Å². The van der Waals surface area contributed by atoms with Gasteiger partial charge in [0.15, 0.2) is 31.2 Å². The van der Waals surface area contributed by atoms with E-state index in [1.165, 1.54) is 33.3 Å². The molecule has 1 N–H and O–H groups in total. The first-order chi connectivity index (χ1) is 14.1. The number of nitrogens with one attached hydrogen (secondary N) is 1. The molecule has 0 aliphatic carbocycles. The minimum absolute atomic E-state index is 0.0820. The smallest absolute Gasteiger partial charge is 0.183 e. The van der Waals surface area contributed by atoms with Crippen molar-refractivity contribution in [2.24, 2.45) is 0 Å². The zero-order valence-corrected chi connectivity index (χ0v) is 18.5. The Morgan fingerprint density at radius 3 is 2.40 bits per heavy atom. The number of hydrogen-bond donors (Lipinski definition) is 1. The van der Waals surface area contributed by atoms with Crippen molar-refractivity contribution >= 4 is 19.7 Å². The lowest BCUT2D eigenvalue weighted by Gasteiger charge is -2.20. The highest BCUT2D eigenvalue weighted by molar-refractivity contribution is 7.96. The fourth-order valence-electron chi connectivity index (χ4n) is 3.52. The summed E-state index contributed by atoms with van der Waals surface area (Å²) in [6, 6.07) is 7.94. The summed E-state index contributed by atoms with van der Waals surface area (Å²) in [5.41, 5.74) is 0.970. The molecule has 1 aliphatic rings. The van der Waals surface area contributed by atoms with Gasteiger partial charge in [-0.1, -0.05) is 6.07 Å². The molecule has 1 saturated heterocycles. The third kappa shape index (κ3) is 4.60. The Hall–Kier alpha value is -2.17. The average Bonchev–Trinajstić information content (AvgIpc) is 3.03. The molecule has 1 fully saturated rings. The van der Waals surface area contributed by atoms with Gasteiger partial charge in [0.05, 0.1) is 35.9 Å². The quantitative estimate of drug-likeness (QED) is 0.634. The van der Waals surface area contributed by atoms with Gasteiger partial charge in [0, 0.05) is 12.6 Å². The molecule has 7 nitrogen and oxygen atoms in total. The third-order valence-electron chi connectivity index (χ3n) is 5.17. The summed E-state index contributed by atoms with van der Waals surface area (Å²) in [4.78, 5) is -0.0820. The minimum atomic E-state index is -3.98. The molecule has 2 atom stereocenters. The van der Waals surface area contributed by atoms with Crippen molar-refractivity contribution in [3.8, 4) is 11.5 Å². The Kier molecular flexibility index (Phi) is 6.40. The van der Waals surface area contributed by atoms with E-state index in [-0.39, 0.29) is 22.8 Å². The Bertz CT molecular complexity index is 1150. The summed E-state index contributed by atoms with van der Waals surface area (Å²) in [6.45, 7) is 1.71. The van der Waals surface area contributed by atoms with Gasteiger partial charge < -0.3 is 14.8 Å². The van der Waals surface area contributed by atoms with Gasteiger partial charge in [-0.05, 0) is 48.4 Å². The Morgan fingerprint density at radius 2 is 1.77 bits per heavy atom. The van der Waals surface area contributed by atoms with Crippen molar-refractivity contribution in [1.29, 1.82) is 0 Å². The molecule has 0 unspecified atom stereocenters. The number of hydrogen-bond acceptors (Lipinski definition) is 7. The Morgan fingerprint density at radius 1 is 1.07 bits per heavy atom. The van der Waals surface area contributed by atoms with E-state index in [1.54, 1.807) is 18.2 Å². The van der Waals surface area contributed by atoms with Gasteiger partial charge in [0.1, 0.15) is 5.82 Å². The number of ether oxygens (including phenoxy) is 2. The second-order valence-electron chi connectivity index (χ2n) is 7.25. The van der Waals surface area contributed by atoms with Crippen LogP contribution in [-0.4, -0.2) is 53.9 Å². The molecular weight excluding hydrogens is 433 g/mol. The third-order valence-corrected chi connectivity index (χ3v) is 9.32. The van der Waals surface area contributed by atoms with Crippen molar-refractivity contribution < 1.29 is 30.7 Å². The van der Waals surface area contributed by atoms with E-state index in [4.69, 9.17) is 9.47 Å². The van der Waals surface area contributed by atoms with Crippen LogP contribution in [0.1, 0.15) is 11.1 Å². The number of aryl methyl sites for hydroxylation is 1. The van der Waals surface area contributed by atoms with E-state index >= 15 is 0 Å². The number of methoxy groups -OCH3 is 2. The summed E-state index contributed by atoms with van der Waals surface area (Å²) < 4.78 is 74.8. The number of rotatable bonds is 7. The van der Waals surface area contributed by atoms with Crippen LogP contribution >= 0.6 is 0 Å². The second-order valence-corrected chi connectivity index (χ2v) is 11.6. The number of sulfone groups is 2. The molecule has 1 heterocycles. The molecule has 30 heavy (non-hydrogen) atoms. The fourth-order valence-corrected chi connectivity index (χ4v) is 8.32. The standard InChI is InChI=1S/C20H24FNO6S2/c1-13-8-15(5-6-16(13)21)30(25,26)20-12-29(23,24)11-17(20)22-10-14-4-7-18(27-2)19(9-14)28-3/h4-9,17,20,22H,10-12H2,1-3H3/t17-,20-/m1/s1. The minimum Gasteiger partial charge on any atom is -0.493 e. The van der Waals surface area contributed by atoms with Crippen molar-refractivity contribution in [3.05, 3.63) is 53.3 Å². The van der Waals surface area contributed by atoms with E-state index in [1.807, 2.05) is 0 Å². The highest BCUT2D eigenvalue weighted by Gasteiger charge is 2.45. The lowest BCUT2D eigenvalue weighted by atomic mass is 10.1.